The molecule has 1 aromatic heterocycles. The van der Waals surface area contributed by atoms with Crippen LogP contribution in [0.2, 0.25) is 0 Å². The Hall–Kier alpha value is -2.36. The molecule has 0 radical (unpaired) electrons. The van der Waals surface area contributed by atoms with E-state index in [0.717, 1.165) is 0 Å². The zero-order chi connectivity index (χ0) is 14.4. The van der Waals surface area contributed by atoms with Crippen molar-refractivity contribution in [1.82, 2.24) is 4.98 Å². The lowest BCUT2D eigenvalue weighted by molar-refractivity contribution is 0.103. The van der Waals surface area contributed by atoms with Crippen LogP contribution in [0.3, 0.4) is 0 Å². The van der Waals surface area contributed by atoms with Gasteiger partial charge in [-0.2, -0.15) is 0 Å². The Morgan fingerprint density at radius 3 is 2.45 bits per heavy atom. The molecule has 104 valence electrons. The van der Waals surface area contributed by atoms with Crippen LogP contribution in [0.25, 0.3) is 0 Å². The lowest BCUT2D eigenvalue weighted by Crippen LogP contribution is -2.04. The first-order valence-electron chi connectivity index (χ1n) is 6.60. The summed E-state index contributed by atoms with van der Waals surface area (Å²) in [6.07, 6.45) is 3.19. The van der Waals surface area contributed by atoms with Gasteiger partial charge >= 0.3 is 0 Å². The normalized spacial score (nSPS) is 10.1. The zero-order valence-electron chi connectivity index (χ0n) is 11.6. The third-order valence-electron chi connectivity index (χ3n) is 2.73. The van der Waals surface area contributed by atoms with Crippen molar-refractivity contribution in [2.45, 2.75) is 13.8 Å². The van der Waals surface area contributed by atoms with Crippen molar-refractivity contribution in [3.63, 3.8) is 0 Å². The predicted molar refractivity (Wildman–Crippen MR) is 76.4 cm³/mol. The maximum absolute atomic E-state index is 12.3. The minimum Gasteiger partial charge on any atom is -0.490 e. The molecule has 0 aliphatic rings. The molecule has 4 nitrogen and oxygen atoms in total. The molecule has 0 amide bonds. The molecule has 0 saturated carbocycles. The molecule has 0 spiro atoms. The van der Waals surface area contributed by atoms with Crippen LogP contribution in [0, 0.1) is 0 Å². The van der Waals surface area contributed by atoms with Gasteiger partial charge < -0.3 is 9.47 Å². The van der Waals surface area contributed by atoms with E-state index < -0.39 is 0 Å². The fourth-order valence-corrected chi connectivity index (χ4v) is 1.86. The molecule has 0 aliphatic heterocycles. The molecule has 1 aromatic carbocycles. The van der Waals surface area contributed by atoms with Gasteiger partial charge in [-0.25, -0.2) is 0 Å². The maximum atomic E-state index is 12.3. The molecule has 0 fully saturated rings. The molecule has 0 saturated heterocycles. The topological polar surface area (TPSA) is 48.4 Å². The average molecular weight is 271 g/mol. The number of aromatic nitrogens is 1. The summed E-state index contributed by atoms with van der Waals surface area (Å²) in [5.74, 6) is 1.16. The van der Waals surface area contributed by atoms with Crippen LogP contribution in [-0.2, 0) is 0 Å². The highest BCUT2D eigenvalue weighted by atomic mass is 16.5. The first kappa shape index (κ1) is 14.1. The van der Waals surface area contributed by atoms with Gasteiger partial charge in [-0.3, -0.25) is 9.78 Å². The number of hydrogen-bond acceptors (Lipinski definition) is 4. The molecule has 0 unspecified atom stereocenters. The summed E-state index contributed by atoms with van der Waals surface area (Å²) < 4.78 is 11.0. The van der Waals surface area contributed by atoms with Crippen molar-refractivity contribution in [3.05, 3.63) is 53.9 Å². The molecular weight excluding hydrogens is 254 g/mol. The third-order valence-corrected chi connectivity index (χ3v) is 2.73. The Balaban J connectivity index is 2.33. The minimum atomic E-state index is -0.0814. The van der Waals surface area contributed by atoms with Gasteiger partial charge in [0.2, 0.25) is 0 Å². The van der Waals surface area contributed by atoms with E-state index in [1.54, 1.807) is 42.7 Å². The molecule has 2 aromatic rings. The summed E-state index contributed by atoms with van der Waals surface area (Å²) in [7, 11) is 0. The van der Waals surface area contributed by atoms with Crippen molar-refractivity contribution in [2.24, 2.45) is 0 Å². The standard InChI is InChI=1S/C16H17NO3/c1-3-19-14-8-7-12(10-15(14)20-4-2)16(18)13-6-5-9-17-11-13/h5-11H,3-4H2,1-2H3. The van der Waals surface area contributed by atoms with E-state index in [4.69, 9.17) is 9.47 Å². The Bertz CT molecular complexity index is 582. The number of hydrogen-bond donors (Lipinski definition) is 0. The number of rotatable bonds is 6. The van der Waals surface area contributed by atoms with Crippen molar-refractivity contribution in [2.75, 3.05) is 13.2 Å². The van der Waals surface area contributed by atoms with Gasteiger partial charge in [0.15, 0.2) is 17.3 Å². The van der Waals surface area contributed by atoms with Gasteiger partial charge in [0, 0.05) is 23.5 Å². The van der Waals surface area contributed by atoms with Gasteiger partial charge in [0.1, 0.15) is 0 Å². The molecule has 0 bridgehead atoms. The Kier molecular flexibility index (Phi) is 4.71. The van der Waals surface area contributed by atoms with E-state index in [0.29, 0.717) is 35.8 Å². The number of carbonyl (C=O) groups excluding carboxylic acids is 1. The molecule has 4 heteroatoms. The van der Waals surface area contributed by atoms with Crippen molar-refractivity contribution < 1.29 is 14.3 Å². The predicted octanol–water partition coefficient (Wildman–Crippen LogP) is 3.11. The molecule has 0 aliphatic carbocycles. The average Bonchev–Trinajstić information content (AvgIpc) is 2.50. The Labute approximate surface area is 118 Å². The first-order chi connectivity index (χ1) is 9.76. The smallest absolute Gasteiger partial charge is 0.194 e. The summed E-state index contributed by atoms with van der Waals surface area (Å²) in [5, 5.41) is 0. The monoisotopic (exact) mass is 271 g/mol. The van der Waals surface area contributed by atoms with E-state index >= 15 is 0 Å². The van der Waals surface area contributed by atoms with E-state index in [1.807, 2.05) is 13.8 Å². The van der Waals surface area contributed by atoms with Crippen LogP contribution in [0.4, 0.5) is 0 Å². The number of nitrogens with zero attached hydrogens (tertiary/aromatic N) is 1. The van der Waals surface area contributed by atoms with Gasteiger partial charge in [-0.05, 0) is 44.2 Å². The number of benzene rings is 1. The Morgan fingerprint density at radius 2 is 1.80 bits per heavy atom. The van der Waals surface area contributed by atoms with Crippen LogP contribution >= 0.6 is 0 Å². The van der Waals surface area contributed by atoms with Crippen LogP contribution < -0.4 is 9.47 Å². The molecule has 2 rings (SSSR count). The van der Waals surface area contributed by atoms with Crippen molar-refractivity contribution in [3.8, 4) is 11.5 Å². The second kappa shape index (κ2) is 6.70. The van der Waals surface area contributed by atoms with E-state index in [9.17, 15) is 4.79 Å². The number of carbonyl (C=O) groups is 1. The first-order valence-corrected chi connectivity index (χ1v) is 6.60. The molecule has 1 heterocycles. The second-order valence-electron chi connectivity index (χ2n) is 4.10. The SMILES string of the molecule is CCOc1ccc(C(=O)c2cccnc2)cc1OCC. The highest BCUT2D eigenvalue weighted by Crippen LogP contribution is 2.29. The van der Waals surface area contributed by atoms with Gasteiger partial charge in [0.25, 0.3) is 0 Å². The Morgan fingerprint density at radius 1 is 1.05 bits per heavy atom. The minimum absolute atomic E-state index is 0.0814. The molecule has 20 heavy (non-hydrogen) atoms. The van der Waals surface area contributed by atoms with E-state index in [2.05, 4.69) is 4.98 Å². The molecular formula is C16H17NO3. The highest BCUT2D eigenvalue weighted by Gasteiger charge is 2.13. The number of pyridine rings is 1. The lowest BCUT2D eigenvalue weighted by Gasteiger charge is -2.12. The summed E-state index contributed by atoms with van der Waals surface area (Å²) in [4.78, 5) is 16.3. The quantitative estimate of drug-likeness (QED) is 0.757. The van der Waals surface area contributed by atoms with Crippen LogP contribution in [0.5, 0.6) is 11.5 Å². The van der Waals surface area contributed by atoms with E-state index in [1.165, 1.54) is 0 Å². The van der Waals surface area contributed by atoms with Crippen molar-refractivity contribution >= 4 is 5.78 Å². The summed E-state index contributed by atoms with van der Waals surface area (Å²) in [6.45, 7) is 4.87. The number of ether oxygens (including phenoxy) is 2. The molecule has 0 N–H and O–H groups in total. The highest BCUT2D eigenvalue weighted by molar-refractivity contribution is 6.09. The van der Waals surface area contributed by atoms with Gasteiger partial charge in [0.05, 0.1) is 13.2 Å². The van der Waals surface area contributed by atoms with Gasteiger partial charge in [-0.15, -0.1) is 0 Å². The second-order valence-corrected chi connectivity index (χ2v) is 4.10. The van der Waals surface area contributed by atoms with Crippen LogP contribution in [-0.4, -0.2) is 24.0 Å². The fourth-order valence-electron chi connectivity index (χ4n) is 1.86. The number of ketones is 1. The summed E-state index contributed by atoms with van der Waals surface area (Å²) in [6, 6.07) is 8.70. The van der Waals surface area contributed by atoms with Gasteiger partial charge in [-0.1, -0.05) is 0 Å². The fraction of sp³-hybridized carbons (Fsp3) is 0.250. The van der Waals surface area contributed by atoms with Crippen LogP contribution in [0.15, 0.2) is 42.7 Å². The van der Waals surface area contributed by atoms with E-state index in [-0.39, 0.29) is 5.78 Å². The summed E-state index contributed by atoms with van der Waals surface area (Å²) in [5.41, 5.74) is 1.11. The summed E-state index contributed by atoms with van der Waals surface area (Å²) >= 11 is 0. The van der Waals surface area contributed by atoms with Crippen molar-refractivity contribution in [1.29, 1.82) is 0 Å². The zero-order valence-corrected chi connectivity index (χ0v) is 11.6. The molecule has 0 atom stereocenters. The third kappa shape index (κ3) is 3.15. The lowest BCUT2D eigenvalue weighted by atomic mass is 10.0. The largest absolute Gasteiger partial charge is 0.490 e. The maximum Gasteiger partial charge on any atom is 0.194 e. The van der Waals surface area contributed by atoms with Crippen LogP contribution in [0.1, 0.15) is 29.8 Å².